The van der Waals surface area contributed by atoms with Crippen molar-refractivity contribution >= 4 is 15.7 Å². The molecule has 1 fully saturated rings. The van der Waals surface area contributed by atoms with E-state index >= 15 is 0 Å². The van der Waals surface area contributed by atoms with Crippen molar-refractivity contribution in [2.45, 2.75) is 36.7 Å². The van der Waals surface area contributed by atoms with Crippen molar-refractivity contribution in [3.05, 3.63) is 28.3 Å². The molecule has 0 aromatic heterocycles. The van der Waals surface area contributed by atoms with Crippen LogP contribution in [0, 0.1) is 10.1 Å². The Bertz CT molecular complexity index is 625. The van der Waals surface area contributed by atoms with Gasteiger partial charge in [-0.2, -0.15) is 0 Å². The van der Waals surface area contributed by atoms with E-state index in [-0.39, 0.29) is 22.4 Å². The number of nitro groups is 1. The zero-order chi connectivity index (χ0) is 15.5. The first-order chi connectivity index (χ1) is 9.94. The fourth-order valence-corrected chi connectivity index (χ4v) is 3.22. The summed E-state index contributed by atoms with van der Waals surface area (Å²) in [6.07, 6.45) is 3.40. The Morgan fingerprint density at radius 1 is 1.33 bits per heavy atom. The molecule has 8 nitrogen and oxygen atoms in total. The van der Waals surface area contributed by atoms with Gasteiger partial charge in [-0.05, 0) is 18.9 Å². The predicted octanol–water partition coefficient (Wildman–Crippen LogP) is 1.76. The Labute approximate surface area is 122 Å². The minimum Gasteiger partial charge on any atom is -0.495 e. The van der Waals surface area contributed by atoms with Crippen LogP contribution in [0.3, 0.4) is 0 Å². The number of hydrogen-bond donors (Lipinski definition) is 1. The maximum atomic E-state index is 12.2. The summed E-state index contributed by atoms with van der Waals surface area (Å²) < 4.78 is 29.4. The number of rotatable bonds is 6. The topological polar surface area (TPSA) is 108 Å². The smallest absolute Gasteiger partial charge is 0.271 e. The average Bonchev–Trinajstić information content (AvgIpc) is 2.98. The molecular formula is C12H16N2O6S. The van der Waals surface area contributed by atoms with Crippen molar-refractivity contribution < 1.29 is 22.9 Å². The summed E-state index contributed by atoms with van der Waals surface area (Å²) >= 11 is 0. The lowest BCUT2D eigenvalue weighted by Crippen LogP contribution is -2.28. The van der Waals surface area contributed by atoms with Crippen molar-refractivity contribution in [3.8, 4) is 5.75 Å². The van der Waals surface area contributed by atoms with Gasteiger partial charge >= 0.3 is 0 Å². The summed E-state index contributed by atoms with van der Waals surface area (Å²) in [6.45, 7) is 0. The van der Waals surface area contributed by atoms with Crippen molar-refractivity contribution in [2.24, 2.45) is 0 Å². The van der Waals surface area contributed by atoms with E-state index in [1.165, 1.54) is 19.2 Å². The molecule has 0 heterocycles. The van der Waals surface area contributed by atoms with E-state index in [2.05, 4.69) is 0 Å². The van der Waals surface area contributed by atoms with Crippen LogP contribution in [0.2, 0.25) is 0 Å². The molecule has 0 radical (unpaired) electrons. The minimum atomic E-state index is -4.05. The Balaban J connectivity index is 2.24. The third-order valence-corrected chi connectivity index (χ3v) is 4.49. The molecule has 0 aliphatic heterocycles. The number of nitro benzene ring substituents is 1. The Morgan fingerprint density at radius 3 is 2.57 bits per heavy atom. The number of ether oxygens (including phenoxy) is 1. The maximum absolute atomic E-state index is 12.2. The molecule has 0 unspecified atom stereocenters. The van der Waals surface area contributed by atoms with Crippen LogP contribution in [0.5, 0.6) is 5.75 Å². The van der Waals surface area contributed by atoms with Crippen molar-refractivity contribution in [1.29, 1.82) is 0 Å². The molecule has 21 heavy (non-hydrogen) atoms. The second-order valence-corrected chi connectivity index (χ2v) is 6.32. The monoisotopic (exact) mass is 316 g/mol. The summed E-state index contributed by atoms with van der Waals surface area (Å²) in [5.41, 5.74) is -0.336. The van der Waals surface area contributed by atoms with E-state index in [9.17, 15) is 18.5 Å². The second kappa shape index (κ2) is 6.37. The van der Waals surface area contributed by atoms with Gasteiger partial charge < -0.3 is 4.74 Å². The third kappa shape index (κ3) is 3.69. The van der Waals surface area contributed by atoms with Crippen molar-refractivity contribution in [2.75, 3.05) is 7.11 Å². The summed E-state index contributed by atoms with van der Waals surface area (Å²) in [7, 11) is -2.76. The molecule has 0 saturated heterocycles. The van der Waals surface area contributed by atoms with Gasteiger partial charge in [-0.15, -0.1) is 0 Å². The standard InChI is InChI=1S/C12H16N2O6S/c1-19-11-7-6-9(14(15)16)8-12(11)21(17,18)13-20-10-4-2-3-5-10/h6-8,10,13H,2-5H2,1H3. The van der Waals surface area contributed by atoms with Crippen LogP contribution in [-0.2, 0) is 14.9 Å². The van der Waals surface area contributed by atoms with Crippen LogP contribution < -0.4 is 9.62 Å². The number of nitrogens with zero attached hydrogens (tertiary/aromatic N) is 1. The normalized spacial score (nSPS) is 16.0. The number of nitrogens with one attached hydrogen (secondary N) is 1. The predicted molar refractivity (Wildman–Crippen MR) is 73.3 cm³/mol. The van der Waals surface area contributed by atoms with Gasteiger partial charge in [0.1, 0.15) is 10.6 Å². The Hall–Kier alpha value is -1.71. The lowest BCUT2D eigenvalue weighted by atomic mass is 10.3. The zero-order valence-corrected chi connectivity index (χ0v) is 12.3. The minimum absolute atomic E-state index is 0.0168. The van der Waals surface area contributed by atoms with E-state index in [1.807, 2.05) is 4.89 Å². The van der Waals surface area contributed by atoms with E-state index in [0.29, 0.717) is 0 Å². The third-order valence-electron chi connectivity index (χ3n) is 3.27. The molecule has 9 heteroatoms. The molecule has 1 saturated carbocycles. The maximum Gasteiger partial charge on any atom is 0.271 e. The highest BCUT2D eigenvalue weighted by molar-refractivity contribution is 7.89. The number of hydrogen-bond acceptors (Lipinski definition) is 6. The highest BCUT2D eigenvalue weighted by atomic mass is 32.2. The molecule has 116 valence electrons. The lowest BCUT2D eigenvalue weighted by Gasteiger charge is -2.13. The van der Waals surface area contributed by atoms with Gasteiger partial charge in [0.15, 0.2) is 0 Å². The van der Waals surface area contributed by atoms with Gasteiger partial charge in [-0.1, -0.05) is 17.7 Å². The van der Waals surface area contributed by atoms with Crippen LogP contribution in [0.4, 0.5) is 5.69 Å². The Morgan fingerprint density at radius 2 is 2.00 bits per heavy atom. The van der Waals surface area contributed by atoms with Gasteiger partial charge in [-0.25, -0.2) is 8.42 Å². The number of benzene rings is 1. The van der Waals surface area contributed by atoms with Crippen LogP contribution in [0.1, 0.15) is 25.7 Å². The molecule has 1 aliphatic carbocycles. The largest absolute Gasteiger partial charge is 0.495 e. The van der Waals surface area contributed by atoms with Gasteiger partial charge in [-0.3, -0.25) is 15.0 Å². The van der Waals surface area contributed by atoms with Crippen LogP contribution >= 0.6 is 0 Å². The number of sulfonamides is 1. The SMILES string of the molecule is COc1ccc([N+](=O)[O-])cc1S(=O)(=O)NOC1CCCC1. The molecule has 0 bridgehead atoms. The molecule has 2 rings (SSSR count). The molecular weight excluding hydrogens is 300 g/mol. The molecule has 0 atom stereocenters. The first-order valence-electron chi connectivity index (χ1n) is 6.44. The molecule has 1 aromatic carbocycles. The van der Waals surface area contributed by atoms with Crippen molar-refractivity contribution in [1.82, 2.24) is 4.89 Å². The zero-order valence-electron chi connectivity index (χ0n) is 11.4. The molecule has 0 amide bonds. The fourth-order valence-electron chi connectivity index (χ4n) is 2.17. The first kappa shape index (κ1) is 15.7. The van der Waals surface area contributed by atoms with E-state index < -0.39 is 14.9 Å². The van der Waals surface area contributed by atoms with Crippen LogP contribution in [0.25, 0.3) is 0 Å². The van der Waals surface area contributed by atoms with Gasteiger partial charge in [0.25, 0.3) is 15.7 Å². The Kier molecular flexibility index (Phi) is 4.76. The van der Waals surface area contributed by atoms with Gasteiger partial charge in [0.05, 0.1) is 18.1 Å². The summed E-state index contributed by atoms with van der Waals surface area (Å²) in [6, 6.07) is 3.36. The molecule has 1 N–H and O–H groups in total. The summed E-state index contributed by atoms with van der Waals surface area (Å²) in [5, 5.41) is 10.8. The fraction of sp³-hybridized carbons (Fsp3) is 0.500. The summed E-state index contributed by atoms with van der Waals surface area (Å²) in [4.78, 5) is 17.0. The van der Waals surface area contributed by atoms with Crippen molar-refractivity contribution in [3.63, 3.8) is 0 Å². The quantitative estimate of drug-likeness (QED) is 0.633. The first-order valence-corrected chi connectivity index (χ1v) is 7.92. The lowest BCUT2D eigenvalue weighted by molar-refractivity contribution is -0.385. The molecule has 1 aromatic rings. The molecule has 0 spiro atoms. The van der Waals surface area contributed by atoms with E-state index in [0.717, 1.165) is 31.7 Å². The van der Waals surface area contributed by atoms with Crippen LogP contribution in [0.15, 0.2) is 23.1 Å². The van der Waals surface area contributed by atoms with Crippen LogP contribution in [-0.4, -0.2) is 26.6 Å². The van der Waals surface area contributed by atoms with Gasteiger partial charge in [0, 0.05) is 12.1 Å². The summed E-state index contributed by atoms with van der Waals surface area (Å²) in [5.74, 6) is 0.0168. The second-order valence-electron chi connectivity index (χ2n) is 4.70. The highest BCUT2D eigenvalue weighted by Gasteiger charge is 2.25. The highest BCUT2D eigenvalue weighted by Crippen LogP contribution is 2.28. The van der Waals surface area contributed by atoms with E-state index in [1.54, 1.807) is 0 Å². The number of non-ortho nitro benzene ring substituents is 1. The van der Waals surface area contributed by atoms with E-state index in [4.69, 9.17) is 9.57 Å². The average molecular weight is 316 g/mol. The number of methoxy groups -OCH3 is 1. The van der Waals surface area contributed by atoms with Gasteiger partial charge in [0.2, 0.25) is 0 Å². The molecule has 1 aliphatic rings.